The molecule has 0 bridgehead atoms. The van der Waals surface area contributed by atoms with Crippen LogP contribution in [0.2, 0.25) is 0 Å². The summed E-state index contributed by atoms with van der Waals surface area (Å²) in [5.41, 5.74) is 4.71. The van der Waals surface area contributed by atoms with E-state index in [1.54, 1.807) is 16.0 Å². The second-order valence-electron chi connectivity index (χ2n) is 11.0. The van der Waals surface area contributed by atoms with Crippen LogP contribution in [0.1, 0.15) is 54.3 Å². The summed E-state index contributed by atoms with van der Waals surface area (Å²) in [7, 11) is 0. The highest BCUT2D eigenvalue weighted by Crippen LogP contribution is 2.37. The zero-order valence-electron chi connectivity index (χ0n) is 22.8. The minimum Gasteiger partial charge on any atom is -0.378 e. The normalized spacial score (nSPS) is 23.7. The van der Waals surface area contributed by atoms with Gasteiger partial charge in [0.25, 0.3) is 0 Å². The third kappa shape index (κ3) is 4.82. The van der Waals surface area contributed by atoms with Gasteiger partial charge in [0, 0.05) is 30.5 Å². The molecule has 1 aliphatic carbocycles. The van der Waals surface area contributed by atoms with Gasteiger partial charge in [0.1, 0.15) is 18.1 Å². The quantitative estimate of drug-likeness (QED) is 0.635. The largest absolute Gasteiger partial charge is 0.378 e. The Morgan fingerprint density at radius 3 is 2.42 bits per heavy atom. The van der Waals surface area contributed by atoms with Crippen molar-refractivity contribution in [2.45, 2.75) is 65.1 Å². The summed E-state index contributed by atoms with van der Waals surface area (Å²) in [6.45, 7) is 9.61. The first-order valence-electron chi connectivity index (χ1n) is 13.8. The summed E-state index contributed by atoms with van der Waals surface area (Å²) in [5.74, 6) is -0.717. The van der Waals surface area contributed by atoms with Crippen LogP contribution >= 0.6 is 0 Å². The van der Waals surface area contributed by atoms with Gasteiger partial charge in [0.2, 0.25) is 17.7 Å². The molecule has 0 unspecified atom stereocenters. The highest BCUT2D eigenvalue weighted by Gasteiger charge is 2.51. The van der Waals surface area contributed by atoms with E-state index in [0.29, 0.717) is 44.0 Å². The summed E-state index contributed by atoms with van der Waals surface area (Å²) < 4.78 is 5.50. The molecule has 0 radical (unpaired) electrons. The van der Waals surface area contributed by atoms with Gasteiger partial charge in [0.15, 0.2) is 0 Å². The topological polar surface area (TPSA) is 91.8 Å². The molecule has 8 nitrogen and oxygen atoms in total. The number of fused-ring (bicyclic) bond motifs is 1. The molecule has 5 rings (SSSR count). The number of aromatic nitrogens is 1. The SMILES string of the molecule is CC[C@H](C)[C@@H]1C(=O)N[C@H](C2Cc3ccccc3C2)C(=O)N1[C@@H](C(=O)N1CCOCC1)c1cc(C)cnc1C. The van der Waals surface area contributed by atoms with Gasteiger partial charge in [-0.1, -0.05) is 50.6 Å². The van der Waals surface area contributed by atoms with Crippen molar-refractivity contribution in [3.63, 3.8) is 0 Å². The maximum Gasteiger partial charge on any atom is 0.250 e. The van der Waals surface area contributed by atoms with Gasteiger partial charge in [-0.05, 0) is 55.2 Å². The maximum absolute atomic E-state index is 14.5. The molecular formula is C30H38N4O4. The van der Waals surface area contributed by atoms with Crippen molar-refractivity contribution in [3.8, 4) is 0 Å². The monoisotopic (exact) mass is 518 g/mol. The number of aryl methyl sites for hydroxylation is 2. The fourth-order valence-corrected chi connectivity index (χ4v) is 6.21. The summed E-state index contributed by atoms with van der Waals surface area (Å²) >= 11 is 0. The van der Waals surface area contributed by atoms with Crippen LogP contribution in [0.5, 0.6) is 0 Å². The molecule has 0 spiro atoms. The second kappa shape index (κ2) is 10.8. The molecule has 8 heteroatoms. The van der Waals surface area contributed by atoms with Crippen molar-refractivity contribution < 1.29 is 19.1 Å². The number of amides is 3. The molecule has 1 aromatic heterocycles. The lowest BCUT2D eigenvalue weighted by Crippen LogP contribution is -2.68. The number of carbonyl (C=O) groups excluding carboxylic acids is 3. The van der Waals surface area contributed by atoms with Crippen molar-refractivity contribution in [1.82, 2.24) is 20.1 Å². The number of pyridine rings is 1. The van der Waals surface area contributed by atoms with Gasteiger partial charge in [0.05, 0.1) is 13.2 Å². The summed E-state index contributed by atoms with van der Waals surface area (Å²) in [6, 6.07) is 7.79. The maximum atomic E-state index is 14.5. The standard InChI is InChI=1S/C30H38N4O4/c1-5-19(3)26-28(35)32-25(23-15-21-8-6-7-9-22(21)16-23)29(36)34(26)27(24-14-18(2)17-31-20(24)4)30(37)33-10-12-38-13-11-33/h6-9,14,17,19,23,25-27H,5,10-13,15-16H2,1-4H3,(H,32,35)/t19-,25+,26+,27+/m0/s1. The van der Waals surface area contributed by atoms with Crippen molar-refractivity contribution in [2.24, 2.45) is 11.8 Å². The average molecular weight is 519 g/mol. The number of piperazine rings is 1. The third-order valence-corrected chi connectivity index (χ3v) is 8.52. The second-order valence-corrected chi connectivity index (χ2v) is 11.0. The van der Waals surface area contributed by atoms with Crippen molar-refractivity contribution in [1.29, 1.82) is 0 Å². The molecule has 2 fully saturated rings. The summed E-state index contributed by atoms with van der Waals surface area (Å²) in [5, 5.41) is 3.10. The van der Waals surface area contributed by atoms with E-state index in [4.69, 9.17) is 4.74 Å². The Bertz CT molecular complexity index is 1200. The van der Waals surface area contributed by atoms with Crippen LogP contribution in [-0.2, 0) is 32.0 Å². The van der Waals surface area contributed by atoms with E-state index in [-0.39, 0.29) is 29.6 Å². The predicted octanol–water partition coefficient (Wildman–Crippen LogP) is 2.76. The number of hydrogen-bond acceptors (Lipinski definition) is 5. The number of morpholine rings is 1. The lowest BCUT2D eigenvalue weighted by atomic mass is 9.85. The zero-order valence-corrected chi connectivity index (χ0v) is 22.8. The molecule has 3 amide bonds. The van der Waals surface area contributed by atoms with E-state index in [1.165, 1.54) is 11.1 Å². The first-order chi connectivity index (χ1) is 18.3. The van der Waals surface area contributed by atoms with E-state index in [1.807, 2.05) is 45.9 Å². The van der Waals surface area contributed by atoms with Gasteiger partial charge < -0.3 is 19.9 Å². The number of rotatable bonds is 6. The number of nitrogens with zero attached hydrogens (tertiary/aromatic N) is 3. The van der Waals surface area contributed by atoms with Gasteiger partial charge in [-0.25, -0.2) is 0 Å². The summed E-state index contributed by atoms with van der Waals surface area (Å²) in [6.07, 6.45) is 3.92. The Labute approximate surface area is 224 Å². The molecule has 1 N–H and O–H groups in total. The number of hydrogen-bond donors (Lipinski definition) is 1. The molecule has 3 heterocycles. The Morgan fingerprint density at radius 2 is 1.79 bits per heavy atom. The van der Waals surface area contributed by atoms with E-state index in [0.717, 1.165) is 18.4 Å². The highest BCUT2D eigenvalue weighted by atomic mass is 16.5. The van der Waals surface area contributed by atoms with Crippen molar-refractivity contribution >= 4 is 17.7 Å². The van der Waals surface area contributed by atoms with Gasteiger partial charge in [-0.2, -0.15) is 0 Å². The third-order valence-electron chi connectivity index (χ3n) is 8.52. The smallest absolute Gasteiger partial charge is 0.250 e. The van der Waals surface area contributed by atoms with E-state index in [9.17, 15) is 14.4 Å². The Hall–Kier alpha value is -3.26. The Morgan fingerprint density at radius 1 is 1.13 bits per heavy atom. The molecule has 1 aromatic carbocycles. The average Bonchev–Trinajstić information content (AvgIpc) is 3.36. The first-order valence-corrected chi connectivity index (χ1v) is 13.8. The molecule has 38 heavy (non-hydrogen) atoms. The lowest BCUT2D eigenvalue weighted by Gasteiger charge is -2.47. The molecule has 2 saturated heterocycles. The molecule has 0 saturated carbocycles. The summed E-state index contributed by atoms with van der Waals surface area (Å²) in [4.78, 5) is 50.6. The van der Waals surface area contributed by atoms with Crippen LogP contribution < -0.4 is 5.32 Å². The fourth-order valence-electron chi connectivity index (χ4n) is 6.21. The minimum atomic E-state index is -0.927. The number of ether oxygens (including phenoxy) is 1. The van der Waals surface area contributed by atoms with Crippen molar-refractivity contribution in [3.05, 3.63) is 64.5 Å². The minimum absolute atomic E-state index is 0.0555. The molecule has 202 valence electrons. The van der Waals surface area contributed by atoms with E-state index < -0.39 is 18.1 Å². The van der Waals surface area contributed by atoms with E-state index >= 15 is 0 Å². The van der Waals surface area contributed by atoms with Crippen LogP contribution in [0.4, 0.5) is 0 Å². The lowest BCUT2D eigenvalue weighted by molar-refractivity contribution is -0.163. The number of nitrogens with one attached hydrogen (secondary N) is 1. The molecule has 3 aliphatic rings. The molecular weight excluding hydrogens is 480 g/mol. The van der Waals surface area contributed by atoms with Gasteiger partial charge >= 0.3 is 0 Å². The Kier molecular flexibility index (Phi) is 7.52. The van der Waals surface area contributed by atoms with E-state index in [2.05, 4.69) is 22.4 Å². The van der Waals surface area contributed by atoms with Crippen LogP contribution in [0, 0.1) is 25.7 Å². The zero-order chi connectivity index (χ0) is 27.0. The van der Waals surface area contributed by atoms with Crippen LogP contribution in [-0.4, -0.2) is 70.9 Å². The Balaban J connectivity index is 1.59. The van der Waals surface area contributed by atoms with Crippen LogP contribution in [0.25, 0.3) is 0 Å². The van der Waals surface area contributed by atoms with Gasteiger partial charge in [-0.3, -0.25) is 19.4 Å². The predicted molar refractivity (Wildman–Crippen MR) is 143 cm³/mol. The number of benzene rings is 1. The fraction of sp³-hybridized carbons (Fsp3) is 0.533. The molecule has 2 aliphatic heterocycles. The van der Waals surface area contributed by atoms with Gasteiger partial charge in [-0.15, -0.1) is 0 Å². The number of carbonyl (C=O) groups is 3. The molecule has 4 atom stereocenters. The first kappa shape index (κ1) is 26.4. The van der Waals surface area contributed by atoms with Crippen molar-refractivity contribution in [2.75, 3.05) is 26.3 Å². The van der Waals surface area contributed by atoms with Crippen LogP contribution in [0.15, 0.2) is 36.5 Å². The van der Waals surface area contributed by atoms with Crippen LogP contribution in [0.3, 0.4) is 0 Å². The highest BCUT2D eigenvalue weighted by molar-refractivity contribution is 6.00. The molecule has 2 aromatic rings.